The minimum Gasteiger partial charge on any atom is -0.453 e. The van der Waals surface area contributed by atoms with Gasteiger partial charge in [-0.1, -0.05) is 26.7 Å². The van der Waals surface area contributed by atoms with Crippen LogP contribution in [0, 0.1) is 0 Å². The third kappa shape index (κ3) is 3.03. The van der Waals surface area contributed by atoms with Crippen LogP contribution in [0.25, 0.3) is 0 Å². The minimum atomic E-state index is 0.339. The molecule has 0 radical (unpaired) electrons. The number of halogens is 1. The molecule has 1 unspecified atom stereocenters. The van der Waals surface area contributed by atoms with Gasteiger partial charge in [0.1, 0.15) is 0 Å². The van der Waals surface area contributed by atoms with Gasteiger partial charge in [-0.3, -0.25) is 0 Å². The van der Waals surface area contributed by atoms with E-state index in [1.54, 1.807) is 6.26 Å². The van der Waals surface area contributed by atoms with Crippen LogP contribution < -0.4 is 5.32 Å². The normalized spacial score (nSPS) is 13.1. The average molecular weight is 216 g/mol. The summed E-state index contributed by atoms with van der Waals surface area (Å²) in [5, 5.41) is 3.94. The largest absolute Gasteiger partial charge is 0.453 e. The van der Waals surface area contributed by atoms with E-state index in [4.69, 9.17) is 16.0 Å². The number of hydrogen-bond acceptors (Lipinski definition) is 2. The zero-order valence-corrected chi connectivity index (χ0v) is 9.60. The molecule has 1 atom stereocenters. The lowest BCUT2D eigenvalue weighted by Crippen LogP contribution is -2.20. The maximum Gasteiger partial charge on any atom is 0.197 e. The first kappa shape index (κ1) is 11.6. The van der Waals surface area contributed by atoms with Gasteiger partial charge < -0.3 is 9.73 Å². The second-order valence-corrected chi connectivity index (χ2v) is 3.75. The monoisotopic (exact) mass is 215 g/mol. The van der Waals surface area contributed by atoms with Crippen molar-refractivity contribution in [1.29, 1.82) is 0 Å². The second kappa shape index (κ2) is 6.10. The van der Waals surface area contributed by atoms with Crippen LogP contribution in [0.4, 0.5) is 0 Å². The van der Waals surface area contributed by atoms with E-state index in [-0.39, 0.29) is 0 Å². The highest BCUT2D eigenvalue weighted by atomic mass is 35.5. The van der Waals surface area contributed by atoms with Gasteiger partial charge in [-0.2, -0.15) is 0 Å². The maximum atomic E-state index is 5.94. The molecule has 0 amide bonds. The zero-order chi connectivity index (χ0) is 10.4. The summed E-state index contributed by atoms with van der Waals surface area (Å²) in [6.45, 7) is 5.25. The molecule has 0 aliphatic heterocycles. The summed E-state index contributed by atoms with van der Waals surface area (Å²) < 4.78 is 5.10. The molecular formula is C11H18ClNO. The molecule has 2 nitrogen and oxygen atoms in total. The highest BCUT2D eigenvalue weighted by Crippen LogP contribution is 2.27. The summed E-state index contributed by atoms with van der Waals surface area (Å²) >= 11 is 5.94. The SMILES string of the molecule is CCCCC(NCC)c1ccoc1Cl. The molecule has 1 N–H and O–H groups in total. The molecule has 0 aliphatic rings. The third-order valence-corrected chi connectivity index (χ3v) is 2.63. The van der Waals surface area contributed by atoms with Gasteiger partial charge >= 0.3 is 0 Å². The van der Waals surface area contributed by atoms with Crippen LogP contribution in [0.3, 0.4) is 0 Å². The fourth-order valence-electron chi connectivity index (χ4n) is 1.58. The van der Waals surface area contributed by atoms with E-state index in [1.807, 2.05) is 6.07 Å². The minimum absolute atomic E-state index is 0.339. The van der Waals surface area contributed by atoms with Crippen LogP contribution in [0.1, 0.15) is 44.7 Å². The first-order chi connectivity index (χ1) is 6.79. The van der Waals surface area contributed by atoms with Crippen LogP contribution in [0.2, 0.25) is 5.22 Å². The van der Waals surface area contributed by atoms with E-state index in [1.165, 1.54) is 12.8 Å². The van der Waals surface area contributed by atoms with Crippen molar-refractivity contribution in [3.8, 4) is 0 Å². The van der Waals surface area contributed by atoms with Crippen LogP contribution in [0.5, 0.6) is 0 Å². The quantitative estimate of drug-likeness (QED) is 0.782. The number of nitrogens with one attached hydrogen (secondary N) is 1. The molecular weight excluding hydrogens is 198 g/mol. The molecule has 1 rings (SSSR count). The summed E-state index contributed by atoms with van der Waals surface area (Å²) in [5.74, 6) is 0. The zero-order valence-electron chi connectivity index (χ0n) is 8.85. The second-order valence-electron chi connectivity index (χ2n) is 3.40. The van der Waals surface area contributed by atoms with Gasteiger partial charge in [-0.25, -0.2) is 0 Å². The molecule has 0 saturated carbocycles. The van der Waals surface area contributed by atoms with E-state index in [0.717, 1.165) is 18.5 Å². The van der Waals surface area contributed by atoms with Crippen LogP contribution in [0.15, 0.2) is 16.7 Å². The van der Waals surface area contributed by atoms with Crippen molar-refractivity contribution < 1.29 is 4.42 Å². The highest BCUT2D eigenvalue weighted by molar-refractivity contribution is 6.29. The lowest BCUT2D eigenvalue weighted by atomic mass is 10.0. The molecule has 1 heterocycles. The standard InChI is InChI=1S/C11H18ClNO/c1-3-5-6-10(13-4-2)9-7-8-14-11(9)12/h7-8,10,13H,3-6H2,1-2H3. The molecule has 0 bridgehead atoms. The molecule has 80 valence electrons. The Labute approximate surface area is 90.6 Å². The van der Waals surface area contributed by atoms with Gasteiger partial charge in [-0.15, -0.1) is 0 Å². The molecule has 0 saturated heterocycles. The average Bonchev–Trinajstić information content (AvgIpc) is 2.59. The van der Waals surface area contributed by atoms with Crippen LogP contribution in [-0.2, 0) is 0 Å². The van der Waals surface area contributed by atoms with Gasteiger partial charge in [-0.05, 0) is 30.6 Å². The predicted molar refractivity (Wildman–Crippen MR) is 59.7 cm³/mol. The number of hydrogen-bond donors (Lipinski definition) is 1. The summed E-state index contributed by atoms with van der Waals surface area (Å²) in [5.41, 5.74) is 1.09. The van der Waals surface area contributed by atoms with Crippen molar-refractivity contribution in [1.82, 2.24) is 5.32 Å². The van der Waals surface area contributed by atoms with Crippen molar-refractivity contribution in [3.63, 3.8) is 0 Å². The number of unbranched alkanes of at least 4 members (excludes halogenated alkanes) is 1. The first-order valence-electron chi connectivity index (χ1n) is 5.25. The first-order valence-corrected chi connectivity index (χ1v) is 5.63. The van der Waals surface area contributed by atoms with E-state index in [0.29, 0.717) is 11.3 Å². The molecule has 1 aromatic rings. The summed E-state index contributed by atoms with van der Waals surface area (Å²) in [6.07, 6.45) is 5.17. The summed E-state index contributed by atoms with van der Waals surface area (Å²) in [4.78, 5) is 0. The Kier molecular flexibility index (Phi) is 5.05. The lowest BCUT2D eigenvalue weighted by Gasteiger charge is -2.16. The molecule has 1 aromatic heterocycles. The van der Waals surface area contributed by atoms with E-state index in [2.05, 4.69) is 19.2 Å². The smallest absolute Gasteiger partial charge is 0.197 e. The third-order valence-electron chi connectivity index (χ3n) is 2.32. The Hall–Kier alpha value is -0.470. The number of furan rings is 1. The van der Waals surface area contributed by atoms with Crippen molar-refractivity contribution in [2.24, 2.45) is 0 Å². The van der Waals surface area contributed by atoms with Crippen molar-refractivity contribution >= 4 is 11.6 Å². The van der Waals surface area contributed by atoms with Crippen molar-refractivity contribution in [2.75, 3.05) is 6.54 Å². The Morgan fingerprint density at radius 3 is 2.79 bits per heavy atom. The Morgan fingerprint density at radius 2 is 2.29 bits per heavy atom. The lowest BCUT2D eigenvalue weighted by molar-refractivity contribution is 0.485. The summed E-state index contributed by atoms with van der Waals surface area (Å²) in [7, 11) is 0. The molecule has 14 heavy (non-hydrogen) atoms. The van der Waals surface area contributed by atoms with E-state index < -0.39 is 0 Å². The van der Waals surface area contributed by atoms with Crippen molar-refractivity contribution in [3.05, 3.63) is 23.1 Å². The molecule has 3 heteroatoms. The Bertz CT molecular complexity index is 260. The van der Waals surface area contributed by atoms with Crippen molar-refractivity contribution in [2.45, 2.75) is 39.2 Å². The van der Waals surface area contributed by atoms with Gasteiger partial charge in [0.25, 0.3) is 0 Å². The fourth-order valence-corrected chi connectivity index (χ4v) is 1.82. The molecule has 0 aliphatic carbocycles. The van der Waals surface area contributed by atoms with Gasteiger partial charge in [0.15, 0.2) is 5.22 Å². The molecule has 0 fully saturated rings. The molecule has 0 aromatic carbocycles. The maximum absolute atomic E-state index is 5.94. The van der Waals surface area contributed by atoms with Gasteiger partial charge in [0, 0.05) is 11.6 Å². The van der Waals surface area contributed by atoms with Gasteiger partial charge in [0.2, 0.25) is 0 Å². The Balaban J connectivity index is 2.62. The van der Waals surface area contributed by atoms with Crippen LogP contribution in [-0.4, -0.2) is 6.54 Å². The van der Waals surface area contributed by atoms with Gasteiger partial charge in [0.05, 0.1) is 6.26 Å². The topological polar surface area (TPSA) is 25.2 Å². The Morgan fingerprint density at radius 1 is 1.50 bits per heavy atom. The highest BCUT2D eigenvalue weighted by Gasteiger charge is 2.14. The van der Waals surface area contributed by atoms with E-state index >= 15 is 0 Å². The number of rotatable bonds is 6. The summed E-state index contributed by atoms with van der Waals surface area (Å²) in [6, 6.07) is 2.29. The molecule has 0 spiro atoms. The fraction of sp³-hybridized carbons (Fsp3) is 0.636. The predicted octanol–water partition coefficient (Wildman–Crippen LogP) is 3.77. The van der Waals surface area contributed by atoms with Crippen LogP contribution >= 0.6 is 11.6 Å². The van der Waals surface area contributed by atoms with E-state index in [9.17, 15) is 0 Å².